The van der Waals surface area contributed by atoms with E-state index < -0.39 is 53.3 Å². The Morgan fingerprint density at radius 1 is 1.02 bits per heavy atom. The molecule has 1 saturated heterocycles. The molecule has 3 aromatic rings. The number of hydrogen-bond acceptors (Lipinski definition) is 6. The summed E-state index contributed by atoms with van der Waals surface area (Å²) in [4.78, 5) is 40.4. The summed E-state index contributed by atoms with van der Waals surface area (Å²) in [5.74, 6) is -0.384. The largest absolute Gasteiger partial charge is 0.493 e. The molecule has 3 amide bonds. The number of nitrogens with zero attached hydrogens (tertiary/aromatic N) is 1. The first-order valence-electron chi connectivity index (χ1n) is 14.6. The van der Waals surface area contributed by atoms with Gasteiger partial charge in [0, 0.05) is 17.5 Å². The molecular weight excluding hydrogens is 634 g/mol. The lowest BCUT2D eigenvalue weighted by molar-refractivity contribution is -0.376. The highest BCUT2D eigenvalue weighted by atomic mass is 19.4. The number of aliphatic hydroxyl groups is 1. The zero-order valence-corrected chi connectivity index (χ0v) is 25.4. The molecule has 1 unspecified atom stereocenters. The third-order valence-electron chi connectivity index (χ3n) is 8.39. The number of Topliss-reactive ketones (excluding diaryl/α,β-unsaturated/α-hetero) is 1. The van der Waals surface area contributed by atoms with Gasteiger partial charge in [0.15, 0.2) is 5.78 Å². The highest BCUT2D eigenvalue weighted by Gasteiger charge is 2.71. The average molecular weight is 665 g/mol. The van der Waals surface area contributed by atoms with Gasteiger partial charge in [-0.05, 0) is 85.0 Å². The molecule has 0 radical (unpaired) electrons. The van der Waals surface area contributed by atoms with Gasteiger partial charge in [-0.1, -0.05) is 25.5 Å². The second-order valence-electron chi connectivity index (χ2n) is 11.6. The molecule has 14 heteroatoms. The summed E-state index contributed by atoms with van der Waals surface area (Å²) >= 11 is 0. The fourth-order valence-corrected chi connectivity index (χ4v) is 5.76. The Hall–Kier alpha value is -4.59. The Bertz CT molecular complexity index is 1740. The van der Waals surface area contributed by atoms with E-state index in [1.165, 1.54) is 18.2 Å². The van der Waals surface area contributed by atoms with Crippen LogP contribution in [0.3, 0.4) is 0 Å². The topological polar surface area (TPSA) is 105 Å². The summed E-state index contributed by atoms with van der Waals surface area (Å²) in [7, 11) is 0. The number of ether oxygens (including phenoxy) is 2. The van der Waals surface area contributed by atoms with Gasteiger partial charge < -0.3 is 19.9 Å². The number of carbonyl (C=O) groups excluding carboxylic acids is 3. The Morgan fingerprint density at radius 2 is 1.72 bits per heavy atom. The van der Waals surface area contributed by atoms with Crippen molar-refractivity contribution in [2.45, 2.75) is 63.5 Å². The summed E-state index contributed by atoms with van der Waals surface area (Å²) in [6, 6.07) is 10.7. The van der Waals surface area contributed by atoms with Crippen LogP contribution in [0.4, 0.5) is 31.1 Å². The lowest BCUT2D eigenvalue weighted by Gasteiger charge is -2.33. The number of aryl methyl sites for hydroxylation is 2. The summed E-state index contributed by atoms with van der Waals surface area (Å²) in [6.07, 6.45) is -11.0. The number of imide groups is 1. The molecule has 3 aromatic carbocycles. The van der Waals surface area contributed by atoms with Crippen molar-refractivity contribution in [2.75, 3.05) is 13.2 Å². The van der Waals surface area contributed by atoms with Gasteiger partial charge in [-0.25, -0.2) is 4.79 Å². The van der Waals surface area contributed by atoms with Gasteiger partial charge in [-0.3, -0.25) is 14.5 Å². The predicted molar refractivity (Wildman–Crippen MR) is 155 cm³/mol. The SMILES string of the molecule is CCCc1cc(C(O)(C(F)(F)F)C(F)(F)F)ccc1Oc1ccc(C(=O)CN2C(=O)NC(C)(c3ccc4c(c3)CCO4)C2=O)c(C)c1. The molecular formula is C33H30F6N2O6. The molecule has 2 N–H and O–H groups in total. The number of nitrogens with one attached hydrogen (secondary N) is 1. The second kappa shape index (κ2) is 11.9. The smallest absolute Gasteiger partial charge is 0.430 e. The highest BCUT2D eigenvalue weighted by Crippen LogP contribution is 2.50. The van der Waals surface area contributed by atoms with Gasteiger partial charge in [0.25, 0.3) is 11.5 Å². The van der Waals surface area contributed by atoms with E-state index in [0.717, 1.165) is 16.5 Å². The Balaban J connectivity index is 1.34. The molecule has 0 spiro atoms. The molecule has 250 valence electrons. The summed E-state index contributed by atoms with van der Waals surface area (Å²) < 4.78 is 92.0. The van der Waals surface area contributed by atoms with Crippen molar-refractivity contribution in [3.63, 3.8) is 0 Å². The fraction of sp³-hybridized carbons (Fsp3) is 0.364. The van der Waals surface area contributed by atoms with Crippen molar-refractivity contribution in [3.8, 4) is 17.2 Å². The van der Waals surface area contributed by atoms with Crippen LogP contribution in [-0.4, -0.2) is 53.2 Å². The molecule has 47 heavy (non-hydrogen) atoms. The first-order chi connectivity index (χ1) is 21.9. The fourth-order valence-electron chi connectivity index (χ4n) is 5.76. The Morgan fingerprint density at radius 3 is 2.36 bits per heavy atom. The first kappa shape index (κ1) is 33.8. The quantitative estimate of drug-likeness (QED) is 0.151. The van der Waals surface area contributed by atoms with Crippen LogP contribution in [0.15, 0.2) is 54.6 Å². The number of hydrogen-bond donors (Lipinski definition) is 2. The number of halogens is 6. The monoisotopic (exact) mass is 664 g/mol. The number of alkyl halides is 6. The van der Waals surface area contributed by atoms with E-state index in [-0.39, 0.29) is 29.0 Å². The van der Waals surface area contributed by atoms with E-state index in [1.807, 2.05) is 0 Å². The van der Waals surface area contributed by atoms with Crippen LogP contribution in [-0.2, 0) is 28.8 Å². The zero-order valence-electron chi connectivity index (χ0n) is 25.4. The molecule has 2 heterocycles. The van der Waals surface area contributed by atoms with E-state index in [2.05, 4.69) is 5.32 Å². The number of carbonyl (C=O) groups is 3. The second-order valence-corrected chi connectivity index (χ2v) is 11.6. The van der Waals surface area contributed by atoms with E-state index in [0.29, 0.717) is 48.5 Å². The third kappa shape index (κ3) is 5.90. The van der Waals surface area contributed by atoms with Crippen LogP contribution in [0, 0.1) is 6.92 Å². The van der Waals surface area contributed by atoms with Crippen molar-refractivity contribution in [1.82, 2.24) is 10.2 Å². The van der Waals surface area contributed by atoms with Crippen molar-refractivity contribution in [2.24, 2.45) is 0 Å². The summed E-state index contributed by atoms with van der Waals surface area (Å²) in [5, 5.41) is 12.5. The molecule has 1 fully saturated rings. The maximum absolute atomic E-state index is 13.5. The molecule has 0 aliphatic carbocycles. The van der Waals surface area contributed by atoms with Crippen LogP contribution < -0.4 is 14.8 Å². The predicted octanol–water partition coefficient (Wildman–Crippen LogP) is 6.64. The van der Waals surface area contributed by atoms with Crippen LogP contribution in [0.2, 0.25) is 0 Å². The van der Waals surface area contributed by atoms with Gasteiger partial charge in [0.2, 0.25) is 0 Å². The summed E-state index contributed by atoms with van der Waals surface area (Å²) in [5.41, 5.74) is -5.91. The molecule has 8 nitrogen and oxygen atoms in total. The van der Waals surface area contributed by atoms with Crippen molar-refractivity contribution in [3.05, 3.63) is 88.0 Å². The molecule has 5 rings (SSSR count). The van der Waals surface area contributed by atoms with Crippen LogP contribution in [0.1, 0.15) is 58.4 Å². The maximum atomic E-state index is 13.5. The number of ketones is 1. The lowest BCUT2D eigenvalue weighted by atomic mass is 9.90. The minimum atomic E-state index is -6.04. The van der Waals surface area contributed by atoms with E-state index in [1.54, 1.807) is 39.0 Å². The number of amides is 3. The molecule has 0 saturated carbocycles. The van der Waals surface area contributed by atoms with Gasteiger partial charge in [-0.15, -0.1) is 0 Å². The molecule has 0 bridgehead atoms. The molecule has 0 aromatic heterocycles. The summed E-state index contributed by atoms with van der Waals surface area (Å²) in [6.45, 7) is 4.73. The lowest BCUT2D eigenvalue weighted by Crippen LogP contribution is -2.53. The van der Waals surface area contributed by atoms with Gasteiger partial charge >= 0.3 is 18.4 Å². The molecule has 2 aliphatic rings. The van der Waals surface area contributed by atoms with Gasteiger partial charge in [0.05, 0.1) is 13.2 Å². The minimum Gasteiger partial charge on any atom is -0.493 e. The maximum Gasteiger partial charge on any atom is 0.430 e. The highest BCUT2D eigenvalue weighted by molar-refractivity contribution is 6.11. The first-order valence-corrected chi connectivity index (χ1v) is 14.6. The number of benzene rings is 3. The third-order valence-corrected chi connectivity index (χ3v) is 8.39. The Kier molecular flexibility index (Phi) is 8.54. The Labute approximate surface area is 265 Å². The van der Waals surface area contributed by atoms with Crippen molar-refractivity contribution in [1.29, 1.82) is 0 Å². The van der Waals surface area contributed by atoms with Gasteiger partial charge in [0.1, 0.15) is 22.8 Å². The van der Waals surface area contributed by atoms with Crippen LogP contribution in [0.25, 0.3) is 0 Å². The van der Waals surface area contributed by atoms with Crippen LogP contribution in [0.5, 0.6) is 17.2 Å². The standard InChI is InChI=1S/C33H30F6N2O6/c1-4-5-19-16-22(31(45,32(34,35)36)33(37,38)39)7-11-27(19)47-23-8-9-24(18(2)14-23)25(42)17-41-28(43)30(3,40-29(41)44)21-6-10-26-20(15-21)12-13-46-26/h6-11,14-16,45H,4-5,12-13,17H2,1-3H3,(H,40,44). The number of urea groups is 1. The number of fused-ring (bicyclic) bond motifs is 1. The molecule has 2 aliphatic heterocycles. The molecule has 1 atom stereocenters. The minimum absolute atomic E-state index is 0.00719. The van der Waals surface area contributed by atoms with Crippen LogP contribution >= 0.6 is 0 Å². The van der Waals surface area contributed by atoms with E-state index >= 15 is 0 Å². The van der Waals surface area contributed by atoms with E-state index in [9.17, 15) is 45.8 Å². The van der Waals surface area contributed by atoms with Crippen molar-refractivity contribution < 1.29 is 55.3 Å². The zero-order chi connectivity index (χ0) is 34.5. The van der Waals surface area contributed by atoms with E-state index in [4.69, 9.17) is 9.47 Å². The number of rotatable bonds is 9. The normalized spacial score (nSPS) is 18.2. The van der Waals surface area contributed by atoms with Crippen molar-refractivity contribution >= 4 is 17.7 Å². The van der Waals surface area contributed by atoms with Gasteiger partial charge in [-0.2, -0.15) is 26.3 Å². The average Bonchev–Trinajstić information content (AvgIpc) is 3.54.